The first-order chi connectivity index (χ1) is 7.75. The fourth-order valence-electron chi connectivity index (χ4n) is 2.76. The summed E-state index contributed by atoms with van der Waals surface area (Å²) in [5, 5.41) is 3.40. The predicted octanol–water partition coefficient (Wildman–Crippen LogP) is 0.000800. The second-order valence-electron chi connectivity index (χ2n) is 5.25. The number of hydrogen-bond acceptors (Lipinski definition) is 4. The second-order valence-corrected chi connectivity index (χ2v) is 5.25. The standard InChI is InChI=1S/C12H25N3O/c1-14(2)9-11-4-3-6-15(11)10-12-8-13-5-7-16-12/h11-13H,3-10H2,1-2H3. The number of morpholine rings is 1. The predicted molar refractivity (Wildman–Crippen MR) is 65.8 cm³/mol. The minimum Gasteiger partial charge on any atom is -0.374 e. The summed E-state index contributed by atoms with van der Waals surface area (Å²) in [7, 11) is 4.32. The first-order valence-electron chi connectivity index (χ1n) is 6.47. The van der Waals surface area contributed by atoms with E-state index in [9.17, 15) is 0 Å². The van der Waals surface area contributed by atoms with Gasteiger partial charge in [0, 0.05) is 32.2 Å². The normalized spacial score (nSPS) is 32.4. The van der Waals surface area contributed by atoms with E-state index in [4.69, 9.17) is 4.74 Å². The highest BCUT2D eigenvalue weighted by atomic mass is 16.5. The zero-order chi connectivity index (χ0) is 11.4. The minimum atomic E-state index is 0.400. The van der Waals surface area contributed by atoms with E-state index < -0.39 is 0 Å². The summed E-state index contributed by atoms with van der Waals surface area (Å²) in [4.78, 5) is 4.90. The molecule has 2 aliphatic heterocycles. The SMILES string of the molecule is CN(C)CC1CCCN1CC1CNCCO1. The molecule has 94 valence electrons. The van der Waals surface area contributed by atoms with Crippen molar-refractivity contribution < 1.29 is 4.74 Å². The third kappa shape index (κ3) is 3.42. The Morgan fingerprint density at radius 3 is 3.00 bits per heavy atom. The van der Waals surface area contributed by atoms with Crippen LogP contribution in [0, 0.1) is 0 Å². The van der Waals surface area contributed by atoms with Crippen molar-refractivity contribution in [1.29, 1.82) is 0 Å². The number of hydrogen-bond donors (Lipinski definition) is 1. The van der Waals surface area contributed by atoms with Crippen LogP contribution in [0.15, 0.2) is 0 Å². The summed E-state index contributed by atoms with van der Waals surface area (Å²) in [6.07, 6.45) is 3.09. The second kappa shape index (κ2) is 5.96. The van der Waals surface area contributed by atoms with Crippen LogP contribution in [-0.2, 0) is 4.74 Å². The molecule has 2 heterocycles. The maximum absolute atomic E-state index is 5.78. The van der Waals surface area contributed by atoms with Crippen molar-refractivity contribution in [3.8, 4) is 0 Å². The summed E-state index contributed by atoms with van der Waals surface area (Å²) in [6, 6.07) is 0.737. The van der Waals surface area contributed by atoms with Crippen LogP contribution < -0.4 is 5.32 Å². The quantitative estimate of drug-likeness (QED) is 0.732. The van der Waals surface area contributed by atoms with Crippen molar-refractivity contribution in [1.82, 2.24) is 15.1 Å². The van der Waals surface area contributed by atoms with Crippen LogP contribution in [0.1, 0.15) is 12.8 Å². The van der Waals surface area contributed by atoms with Gasteiger partial charge in [-0.3, -0.25) is 4.90 Å². The van der Waals surface area contributed by atoms with Gasteiger partial charge in [0.25, 0.3) is 0 Å². The Bertz CT molecular complexity index is 204. The highest BCUT2D eigenvalue weighted by Gasteiger charge is 2.27. The van der Waals surface area contributed by atoms with E-state index in [0.717, 1.165) is 32.3 Å². The van der Waals surface area contributed by atoms with Crippen molar-refractivity contribution in [2.45, 2.75) is 25.0 Å². The molecule has 0 amide bonds. The summed E-state index contributed by atoms with van der Waals surface area (Å²) in [6.45, 7) is 6.43. The Morgan fingerprint density at radius 2 is 2.31 bits per heavy atom. The summed E-state index contributed by atoms with van der Waals surface area (Å²) < 4.78 is 5.78. The Hall–Kier alpha value is -0.160. The lowest BCUT2D eigenvalue weighted by molar-refractivity contribution is 0.00157. The molecule has 2 atom stereocenters. The van der Waals surface area contributed by atoms with Gasteiger partial charge in [0.15, 0.2) is 0 Å². The Balaban J connectivity index is 1.78. The number of ether oxygens (including phenoxy) is 1. The molecule has 0 spiro atoms. The molecule has 0 aromatic heterocycles. The summed E-state index contributed by atoms with van der Waals surface area (Å²) in [5.41, 5.74) is 0. The first-order valence-corrected chi connectivity index (χ1v) is 6.47. The van der Waals surface area contributed by atoms with Gasteiger partial charge in [-0.2, -0.15) is 0 Å². The van der Waals surface area contributed by atoms with Crippen LogP contribution >= 0.6 is 0 Å². The highest BCUT2D eigenvalue weighted by Crippen LogP contribution is 2.18. The van der Waals surface area contributed by atoms with Crippen LogP contribution in [0.5, 0.6) is 0 Å². The van der Waals surface area contributed by atoms with E-state index in [1.807, 2.05) is 0 Å². The van der Waals surface area contributed by atoms with Gasteiger partial charge in [0.05, 0.1) is 12.7 Å². The third-order valence-electron chi connectivity index (χ3n) is 3.52. The molecule has 0 aliphatic carbocycles. The van der Waals surface area contributed by atoms with Crippen molar-refractivity contribution in [2.75, 3.05) is 53.4 Å². The molecule has 4 heteroatoms. The number of likely N-dealkylation sites (N-methyl/N-ethyl adjacent to an activating group) is 1. The van der Waals surface area contributed by atoms with E-state index in [0.29, 0.717) is 6.10 Å². The molecule has 2 unspecified atom stereocenters. The maximum Gasteiger partial charge on any atom is 0.0826 e. The van der Waals surface area contributed by atoms with Crippen molar-refractivity contribution in [3.63, 3.8) is 0 Å². The minimum absolute atomic E-state index is 0.400. The third-order valence-corrected chi connectivity index (χ3v) is 3.52. The van der Waals surface area contributed by atoms with Crippen molar-refractivity contribution in [3.05, 3.63) is 0 Å². The molecular formula is C12H25N3O. The van der Waals surface area contributed by atoms with Crippen molar-refractivity contribution >= 4 is 0 Å². The fourth-order valence-corrected chi connectivity index (χ4v) is 2.76. The van der Waals surface area contributed by atoms with Gasteiger partial charge in [-0.15, -0.1) is 0 Å². The van der Waals surface area contributed by atoms with E-state index >= 15 is 0 Å². The largest absolute Gasteiger partial charge is 0.374 e. The molecule has 2 aliphatic rings. The van der Waals surface area contributed by atoms with Crippen LogP contribution in [0.3, 0.4) is 0 Å². The number of nitrogens with one attached hydrogen (secondary N) is 1. The smallest absolute Gasteiger partial charge is 0.0826 e. The number of nitrogens with zero attached hydrogens (tertiary/aromatic N) is 2. The summed E-state index contributed by atoms with van der Waals surface area (Å²) >= 11 is 0. The first kappa shape index (κ1) is 12.3. The zero-order valence-electron chi connectivity index (χ0n) is 10.6. The van der Waals surface area contributed by atoms with Gasteiger partial charge in [-0.05, 0) is 33.5 Å². The number of likely N-dealkylation sites (tertiary alicyclic amines) is 1. The van der Waals surface area contributed by atoms with Crippen molar-refractivity contribution in [2.24, 2.45) is 0 Å². The van der Waals surface area contributed by atoms with E-state index in [-0.39, 0.29) is 0 Å². The molecule has 2 rings (SSSR count). The highest BCUT2D eigenvalue weighted by molar-refractivity contribution is 4.84. The molecule has 1 N–H and O–H groups in total. The maximum atomic E-state index is 5.78. The zero-order valence-corrected chi connectivity index (χ0v) is 10.6. The van der Waals surface area contributed by atoms with Crippen LogP contribution in [0.25, 0.3) is 0 Å². The molecular weight excluding hydrogens is 202 g/mol. The molecule has 2 fully saturated rings. The lowest BCUT2D eigenvalue weighted by Gasteiger charge is -2.32. The Morgan fingerprint density at radius 1 is 1.44 bits per heavy atom. The average Bonchev–Trinajstić information content (AvgIpc) is 2.66. The fraction of sp³-hybridized carbons (Fsp3) is 1.00. The molecule has 16 heavy (non-hydrogen) atoms. The molecule has 0 bridgehead atoms. The van der Waals surface area contributed by atoms with Crippen LogP contribution in [0.2, 0.25) is 0 Å². The average molecular weight is 227 g/mol. The van der Waals surface area contributed by atoms with Gasteiger partial charge in [0.1, 0.15) is 0 Å². The molecule has 0 saturated carbocycles. The number of rotatable bonds is 4. The van der Waals surface area contributed by atoms with Gasteiger partial charge in [-0.1, -0.05) is 0 Å². The molecule has 4 nitrogen and oxygen atoms in total. The van der Waals surface area contributed by atoms with E-state index in [2.05, 4.69) is 29.2 Å². The summed E-state index contributed by atoms with van der Waals surface area (Å²) in [5.74, 6) is 0. The van der Waals surface area contributed by atoms with Crippen LogP contribution in [0.4, 0.5) is 0 Å². The van der Waals surface area contributed by atoms with Crippen LogP contribution in [-0.4, -0.2) is 75.4 Å². The molecule has 0 aromatic carbocycles. The molecule has 2 saturated heterocycles. The lowest BCUT2D eigenvalue weighted by atomic mass is 10.2. The van der Waals surface area contributed by atoms with E-state index in [1.54, 1.807) is 0 Å². The molecule has 0 aromatic rings. The topological polar surface area (TPSA) is 27.7 Å². The molecule has 0 radical (unpaired) electrons. The lowest BCUT2D eigenvalue weighted by Crippen LogP contribution is -2.48. The Kier molecular flexibility index (Phi) is 4.58. The Labute approximate surface area is 98.9 Å². The van der Waals surface area contributed by atoms with Gasteiger partial charge < -0.3 is 15.0 Å². The van der Waals surface area contributed by atoms with Gasteiger partial charge >= 0.3 is 0 Å². The van der Waals surface area contributed by atoms with Gasteiger partial charge in [-0.25, -0.2) is 0 Å². The van der Waals surface area contributed by atoms with Gasteiger partial charge in [0.2, 0.25) is 0 Å². The van der Waals surface area contributed by atoms with E-state index in [1.165, 1.54) is 25.9 Å². The monoisotopic (exact) mass is 227 g/mol.